The average molecular weight is 317 g/mol. The standard InChI is InChI=1S/C18H15N5O/c1-24-17-10-12(2-3-13(17)11-19)16-8-9-21-18(23-16)22-15-6-4-14(20)5-7-15/h2-10H,20H2,1H3,(H,21,22,23). The predicted octanol–water partition coefficient (Wildman–Crippen LogP) is 3.35. The highest BCUT2D eigenvalue weighted by Crippen LogP contribution is 2.26. The van der Waals surface area contributed by atoms with E-state index in [1.54, 1.807) is 36.5 Å². The van der Waals surface area contributed by atoms with E-state index < -0.39 is 0 Å². The van der Waals surface area contributed by atoms with Crippen molar-refractivity contribution in [2.24, 2.45) is 0 Å². The van der Waals surface area contributed by atoms with Gasteiger partial charge < -0.3 is 15.8 Å². The van der Waals surface area contributed by atoms with Crippen LogP contribution in [0.15, 0.2) is 54.7 Å². The summed E-state index contributed by atoms with van der Waals surface area (Å²) in [5, 5.41) is 12.2. The summed E-state index contributed by atoms with van der Waals surface area (Å²) in [6, 6.07) is 16.5. The molecule has 0 unspecified atom stereocenters. The summed E-state index contributed by atoms with van der Waals surface area (Å²) < 4.78 is 5.24. The molecule has 0 saturated heterocycles. The molecule has 0 fully saturated rings. The second-order valence-electron chi connectivity index (χ2n) is 5.04. The first kappa shape index (κ1) is 15.3. The van der Waals surface area contributed by atoms with Crippen molar-refractivity contribution in [1.82, 2.24) is 9.97 Å². The first-order chi connectivity index (χ1) is 11.7. The average Bonchev–Trinajstić information content (AvgIpc) is 2.63. The van der Waals surface area contributed by atoms with Crippen molar-refractivity contribution in [3.05, 3.63) is 60.3 Å². The van der Waals surface area contributed by atoms with Gasteiger partial charge in [-0.25, -0.2) is 9.97 Å². The number of hydrogen-bond donors (Lipinski definition) is 2. The van der Waals surface area contributed by atoms with Crippen LogP contribution in [0.4, 0.5) is 17.3 Å². The Hall–Kier alpha value is -3.59. The lowest BCUT2D eigenvalue weighted by molar-refractivity contribution is 0.413. The number of benzene rings is 2. The van der Waals surface area contributed by atoms with E-state index in [9.17, 15) is 0 Å². The predicted molar refractivity (Wildman–Crippen MR) is 92.9 cm³/mol. The number of methoxy groups -OCH3 is 1. The Morgan fingerprint density at radius 2 is 1.92 bits per heavy atom. The number of hydrogen-bond acceptors (Lipinski definition) is 6. The molecule has 2 aromatic carbocycles. The molecule has 1 heterocycles. The van der Waals surface area contributed by atoms with E-state index in [0.717, 1.165) is 16.9 Å². The van der Waals surface area contributed by atoms with Gasteiger partial charge in [-0.05, 0) is 42.5 Å². The Morgan fingerprint density at radius 1 is 1.12 bits per heavy atom. The minimum Gasteiger partial charge on any atom is -0.495 e. The van der Waals surface area contributed by atoms with E-state index in [-0.39, 0.29) is 0 Å². The molecule has 0 aliphatic carbocycles. The van der Waals surface area contributed by atoms with Crippen LogP contribution in [-0.2, 0) is 0 Å². The molecule has 0 spiro atoms. The zero-order valence-electron chi connectivity index (χ0n) is 13.0. The van der Waals surface area contributed by atoms with Crippen molar-refractivity contribution in [2.75, 3.05) is 18.2 Å². The van der Waals surface area contributed by atoms with Gasteiger partial charge in [0.15, 0.2) is 0 Å². The molecule has 3 N–H and O–H groups in total. The second kappa shape index (κ2) is 6.67. The lowest BCUT2D eigenvalue weighted by atomic mass is 10.1. The van der Waals surface area contributed by atoms with E-state index in [2.05, 4.69) is 21.4 Å². The lowest BCUT2D eigenvalue weighted by Gasteiger charge is -2.08. The largest absolute Gasteiger partial charge is 0.495 e. The zero-order chi connectivity index (χ0) is 16.9. The maximum absolute atomic E-state index is 9.06. The van der Waals surface area contributed by atoms with E-state index in [4.69, 9.17) is 15.7 Å². The van der Waals surface area contributed by atoms with Crippen LogP contribution in [-0.4, -0.2) is 17.1 Å². The van der Waals surface area contributed by atoms with Crippen LogP contribution < -0.4 is 15.8 Å². The minimum atomic E-state index is 0.473. The Balaban J connectivity index is 1.90. The number of nitrogens with zero attached hydrogens (tertiary/aromatic N) is 3. The van der Waals surface area contributed by atoms with Crippen molar-refractivity contribution in [2.45, 2.75) is 0 Å². The fourth-order valence-electron chi connectivity index (χ4n) is 2.22. The summed E-state index contributed by atoms with van der Waals surface area (Å²) in [6.07, 6.45) is 1.67. The molecule has 0 amide bonds. The van der Waals surface area contributed by atoms with Crippen LogP contribution in [0, 0.1) is 11.3 Å². The van der Waals surface area contributed by atoms with Crippen molar-refractivity contribution in [1.29, 1.82) is 5.26 Å². The minimum absolute atomic E-state index is 0.473. The highest BCUT2D eigenvalue weighted by molar-refractivity contribution is 5.66. The maximum atomic E-state index is 9.06. The van der Waals surface area contributed by atoms with Gasteiger partial charge in [-0.3, -0.25) is 0 Å². The molecular formula is C18H15N5O. The summed E-state index contributed by atoms with van der Waals surface area (Å²) in [5.41, 5.74) is 9.27. The van der Waals surface area contributed by atoms with Gasteiger partial charge in [0.1, 0.15) is 11.8 Å². The highest BCUT2D eigenvalue weighted by Gasteiger charge is 2.08. The first-order valence-corrected chi connectivity index (χ1v) is 7.24. The van der Waals surface area contributed by atoms with Crippen molar-refractivity contribution < 1.29 is 4.74 Å². The van der Waals surface area contributed by atoms with Crippen LogP contribution >= 0.6 is 0 Å². The number of rotatable bonds is 4. The molecule has 118 valence electrons. The molecule has 0 radical (unpaired) electrons. The maximum Gasteiger partial charge on any atom is 0.227 e. The monoisotopic (exact) mass is 317 g/mol. The third-order valence-electron chi connectivity index (χ3n) is 3.44. The number of ether oxygens (including phenoxy) is 1. The molecule has 1 aromatic heterocycles. The molecule has 0 saturated carbocycles. The molecule has 3 rings (SSSR count). The van der Waals surface area contributed by atoms with E-state index >= 15 is 0 Å². The number of aromatic nitrogens is 2. The summed E-state index contributed by atoms with van der Waals surface area (Å²) in [4.78, 5) is 8.72. The molecule has 3 aromatic rings. The zero-order valence-corrected chi connectivity index (χ0v) is 13.0. The number of nitrogen functional groups attached to an aromatic ring is 1. The van der Waals surface area contributed by atoms with Crippen LogP contribution in [0.3, 0.4) is 0 Å². The van der Waals surface area contributed by atoms with Crippen molar-refractivity contribution in [3.8, 4) is 23.1 Å². The summed E-state index contributed by atoms with van der Waals surface area (Å²) in [7, 11) is 1.54. The van der Waals surface area contributed by atoms with Crippen LogP contribution in [0.1, 0.15) is 5.56 Å². The lowest BCUT2D eigenvalue weighted by Crippen LogP contribution is -1.98. The third-order valence-corrected chi connectivity index (χ3v) is 3.44. The van der Waals surface area contributed by atoms with Gasteiger partial charge in [0.2, 0.25) is 5.95 Å². The first-order valence-electron chi connectivity index (χ1n) is 7.24. The molecule has 0 aliphatic heterocycles. The fraction of sp³-hybridized carbons (Fsp3) is 0.0556. The molecular weight excluding hydrogens is 302 g/mol. The number of nitrogens with one attached hydrogen (secondary N) is 1. The number of nitrogens with two attached hydrogens (primary N) is 1. The molecule has 6 heteroatoms. The third kappa shape index (κ3) is 3.25. The van der Waals surface area contributed by atoms with Crippen molar-refractivity contribution >= 4 is 17.3 Å². The van der Waals surface area contributed by atoms with E-state index in [1.807, 2.05) is 18.2 Å². The Morgan fingerprint density at radius 3 is 2.62 bits per heavy atom. The normalized spacial score (nSPS) is 10.0. The Kier molecular flexibility index (Phi) is 4.25. The number of anilines is 3. The van der Waals surface area contributed by atoms with Gasteiger partial charge in [0, 0.05) is 23.1 Å². The van der Waals surface area contributed by atoms with E-state index in [1.165, 1.54) is 7.11 Å². The molecule has 0 atom stereocenters. The van der Waals surface area contributed by atoms with Crippen LogP contribution in [0.5, 0.6) is 5.75 Å². The summed E-state index contributed by atoms with van der Waals surface area (Å²) in [6.45, 7) is 0. The quantitative estimate of drug-likeness (QED) is 0.716. The fourth-order valence-corrected chi connectivity index (χ4v) is 2.22. The molecule has 0 aliphatic rings. The summed E-state index contributed by atoms with van der Waals surface area (Å²) >= 11 is 0. The van der Waals surface area contributed by atoms with Gasteiger partial charge >= 0.3 is 0 Å². The second-order valence-corrected chi connectivity index (χ2v) is 5.04. The summed E-state index contributed by atoms with van der Waals surface area (Å²) in [5.74, 6) is 0.988. The molecule has 24 heavy (non-hydrogen) atoms. The van der Waals surface area contributed by atoms with Gasteiger partial charge in [0.25, 0.3) is 0 Å². The Labute approximate surface area is 139 Å². The van der Waals surface area contributed by atoms with E-state index in [0.29, 0.717) is 22.9 Å². The SMILES string of the molecule is COc1cc(-c2ccnc(Nc3ccc(N)cc3)n2)ccc1C#N. The van der Waals surface area contributed by atoms with Crippen LogP contribution in [0.25, 0.3) is 11.3 Å². The van der Waals surface area contributed by atoms with Gasteiger partial charge in [-0.15, -0.1) is 0 Å². The smallest absolute Gasteiger partial charge is 0.227 e. The topological polar surface area (TPSA) is 96.8 Å². The Bertz CT molecular complexity index is 900. The number of nitriles is 1. The van der Waals surface area contributed by atoms with Gasteiger partial charge in [-0.1, -0.05) is 6.07 Å². The molecule has 6 nitrogen and oxygen atoms in total. The molecule has 0 bridgehead atoms. The van der Waals surface area contributed by atoms with Gasteiger partial charge in [0.05, 0.1) is 18.4 Å². The van der Waals surface area contributed by atoms with Gasteiger partial charge in [-0.2, -0.15) is 5.26 Å². The highest BCUT2D eigenvalue weighted by atomic mass is 16.5. The van der Waals surface area contributed by atoms with Crippen LogP contribution in [0.2, 0.25) is 0 Å². The van der Waals surface area contributed by atoms with Crippen molar-refractivity contribution in [3.63, 3.8) is 0 Å².